The molecule has 2 heterocycles. The number of hydrogen-bond acceptors (Lipinski definition) is 12. The van der Waals surface area contributed by atoms with Crippen molar-refractivity contribution < 1.29 is 65.0 Å². The normalized spacial score (nSPS) is 34.8. The molecule has 9 N–H and O–H groups in total. The summed E-state index contributed by atoms with van der Waals surface area (Å²) in [4.78, 5) is 10.3. The van der Waals surface area contributed by atoms with Crippen LogP contribution in [0.4, 0.5) is 0 Å². The highest BCUT2D eigenvalue weighted by molar-refractivity contribution is 5.66. The van der Waals surface area contributed by atoms with Crippen molar-refractivity contribution in [2.24, 2.45) is 0 Å². The standard InChI is InChI=1S/C14H28O2.C12H22O11/c1-2-3-4-5-6-7-8-9-10-11-12-13-14(15)16;13-1-3-5(15)6(16)9(19)12(22-3)23-10-4(2-14)21-11(20)8(18)7(10)17/h2-13H2,1H3,(H,15,16);3-20H,1-2H2/t;3-,4-,5-,6+,7-,8-,9-,10-,11-,12-/m.1/s1. The molecule has 0 saturated carbocycles. The number of aliphatic hydroxyl groups is 8. The van der Waals surface area contributed by atoms with Gasteiger partial charge in [0.1, 0.15) is 48.8 Å². The van der Waals surface area contributed by atoms with E-state index >= 15 is 0 Å². The van der Waals surface area contributed by atoms with Crippen molar-refractivity contribution in [2.45, 2.75) is 145 Å². The fourth-order valence-corrected chi connectivity index (χ4v) is 4.51. The lowest BCUT2D eigenvalue weighted by atomic mass is 9.97. The van der Waals surface area contributed by atoms with Gasteiger partial charge in [0.15, 0.2) is 12.6 Å². The lowest BCUT2D eigenvalue weighted by Crippen LogP contribution is -2.64. The molecule has 232 valence electrons. The third kappa shape index (κ3) is 12.6. The smallest absolute Gasteiger partial charge is 0.303 e. The highest BCUT2D eigenvalue weighted by atomic mass is 16.7. The first-order chi connectivity index (χ1) is 18.6. The molecule has 13 heteroatoms. The van der Waals surface area contributed by atoms with Crippen LogP contribution in [0, 0.1) is 0 Å². The number of aliphatic hydroxyl groups excluding tert-OH is 8. The summed E-state index contributed by atoms with van der Waals surface area (Å²) in [7, 11) is 0. The fraction of sp³-hybridized carbons (Fsp3) is 0.962. The number of carbonyl (C=O) groups is 1. The topological polar surface area (TPSA) is 227 Å². The van der Waals surface area contributed by atoms with E-state index in [0.717, 1.165) is 12.8 Å². The Morgan fingerprint density at radius 1 is 0.641 bits per heavy atom. The SMILES string of the molecule is CCCCCCCCCCCCCC(=O)O.OC[C@H]1O[C@H](O[C@H]2[C@H](O)[C@@H](O)[C@H](O)O[C@@H]2CO)[C@H](O)[C@@H](O)[C@@H]1O. The Balaban J connectivity index is 0.000000420. The van der Waals surface area contributed by atoms with Crippen LogP contribution in [0.15, 0.2) is 0 Å². The van der Waals surface area contributed by atoms with Crippen LogP contribution >= 0.6 is 0 Å². The van der Waals surface area contributed by atoms with Crippen molar-refractivity contribution in [3.63, 3.8) is 0 Å². The maximum absolute atomic E-state index is 10.3. The molecule has 0 bridgehead atoms. The summed E-state index contributed by atoms with van der Waals surface area (Å²) < 4.78 is 15.3. The first kappa shape index (κ1) is 36.1. The van der Waals surface area contributed by atoms with Crippen LogP contribution in [0.5, 0.6) is 0 Å². The van der Waals surface area contributed by atoms with E-state index in [0.29, 0.717) is 6.42 Å². The van der Waals surface area contributed by atoms with Crippen molar-refractivity contribution in [1.82, 2.24) is 0 Å². The maximum Gasteiger partial charge on any atom is 0.303 e. The zero-order chi connectivity index (χ0) is 29.4. The number of hydrogen-bond donors (Lipinski definition) is 9. The second-order valence-corrected chi connectivity index (χ2v) is 10.2. The first-order valence-corrected chi connectivity index (χ1v) is 14.1. The van der Waals surface area contributed by atoms with Crippen molar-refractivity contribution >= 4 is 5.97 Å². The summed E-state index contributed by atoms with van der Waals surface area (Å²) in [6.07, 6.45) is -1.21. The van der Waals surface area contributed by atoms with Crippen molar-refractivity contribution in [1.29, 1.82) is 0 Å². The van der Waals surface area contributed by atoms with Gasteiger partial charge in [-0.05, 0) is 6.42 Å². The quantitative estimate of drug-likeness (QED) is 0.106. The van der Waals surface area contributed by atoms with Crippen LogP contribution in [-0.4, -0.2) is 127 Å². The molecule has 0 unspecified atom stereocenters. The predicted octanol–water partition coefficient (Wildman–Crippen LogP) is -0.625. The van der Waals surface area contributed by atoms with Gasteiger partial charge in [-0.1, -0.05) is 71.1 Å². The van der Waals surface area contributed by atoms with Gasteiger partial charge in [-0.2, -0.15) is 0 Å². The third-order valence-corrected chi connectivity index (χ3v) is 6.97. The van der Waals surface area contributed by atoms with Crippen LogP contribution in [0.2, 0.25) is 0 Å². The molecule has 2 aliphatic heterocycles. The molecular formula is C26H50O13. The second-order valence-electron chi connectivity index (χ2n) is 10.2. The molecule has 39 heavy (non-hydrogen) atoms. The van der Waals surface area contributed by atoms with E-state index in [4.69, 9.17) is 24.4 Å². The lowest BCUT2D eigenvalue weighted by Gasteiger charge is -2.45. The Morgan fingerprint density at radius 3 is 1.64 bits per heavy atom. The molecule has 0 radical (unpaired) electrons. The Kier molecular flexibility index (Phi) is 18.5. The second kappa shape index (κ2) is 20.0. The summed E-state index contributed by atoms with van der Waals surface area (Å²) in [5.41, 5.74) is 0. The molecule has 0 spiro atoms. The van der Waals surface area contributed by atoms with Crippen LogP contribution < -0.4 is 0 Å². The van der Waals surface area contributed by atoms with Gasteiger partial charge in [0.05, 0.1) is 13.2 Å². The molecule has 0 aromatic heterocycles. The lowest BCUT2D eigenvalue weighted by molar-refractivity contribution is -0.355. The zero-order valence-corrected chi connectivity index (χ0v) is 22.8. The molecule has 0 aromatic carbocycles. The van der Waals surface area contributed by atoms with Gasteiger partial charge in [0.2, 0.25) is 0 Å². The Hall–Kier alpha value is -0.970. The van der Waals surface area contributed by atoms with Crippen LogP contribution in [-0.2, 0) is 19.0 Å². The van der Waals surface area contributed by atoms with Gasteiger partial charge >= 0.3 is 5.97 Å². The summed E-state index contributed by atoms with van der Waals surface area (Å²) in [6.45, 7) is 0.902. The van der Waals surface area contributed by atoms with Gasteiger partial charge in [-0.3, -0.25) is 4.79 Å². The predicted molar refractivity (Wildman–Crippen MR) is 137 cm³/mol. The molecule has 2 saturated heterocycles. The van der Waals surface area contributed by atoms with E-state index in [1.807, 2.05) is 0 Å². The molecule has 10 atom stereocenters. The van der Waals surface area contributed by atoms with E-state index < -0.39 is 80.6 Å². The summed E-state index contributed by atoms with van der Waals surface area (Å²) >= 11 is 0. The molecule has 0 aromatic rings. The number of carboxylic acids is 1. The number of carboxylic acid groups (broad SMARTS) is 1. The minimum Gasteiger partial charge on any atom is -0.481 e. The van der Waals surface area contributed by atoms with E-state index in [1.165, 1.54) is 57.8 Å². The average molecular weight is 571 g/mol. The van der Waals surface area contributed by atoms with Crippen molar-refractivity contribution in [2.75, 3.05) is 13.2 Å². The third-order valence-electron chi connectivity index (χ3n) is 6.97. The first-order valence-electron chi connectivity index (χ1n) is 14.1. The average Bonchev–Trinajstić information content (AvgIpc) is 2.92. The Bertz CT molecular complexity index is 635. The zero-order valence-electron chi connectivity index (χ0n) is 22.8. The largest absolute Gasteiger partial charge is 0.481 e. The van der Waals surface area contributed by atoms with Gasteiger partial charge in [0.25, 0.3) is 0 Å². The Morgan fingerprint density at radius 2 is 1.15 bits per heavy atom. The van der Waals surface area contributed by atoms with Gasteiger partial charge in [-0.15, -0.1) is 0 Å². The summed E-state index contributed by atoms with van der Waals surface area (Å²) in [6, 6.07) is 0. The number of unbranched alkanes of at least 4 members (excludes halogenated alkanes) is 10. The van der Waals surface area contributed by atoms with Gasteiger partial charge in [0, 0.05) is 6.42 Å². The molecule has 0 aliphatic carbocycles. The highest BCUT2D eigenvalue weighted by Crippen LogP contribution is 2.28. The molecule has 0 amide bonds. The van der Waals surface area contributed by atoms with E-state index in [2.05, 4.69) is 6.92 Å². The molecule has 2 fully saturated rings. The summed E-state index contributed by atoms with van der Waals surface area (Å²) in [5.74, 6) is -0.657. The molecule has 2 rings (SSSR count). The molecule has 13 nitrogen and oxygen atoms in total. The van der Waals surface area contributed by atoms with Crippen molar-refractivity contribution in [3.05, 3.63) is 0 Å². The van der Waals surface area contributed by atoms with Gasteiger partial charge < -0.3 is 60.2 Å². The number of aliphatic carboxylic acids is 1. The monoisotopic (exact) mass is 570 g/mol. The van der Waals surface area contributed by atoms with Crippen LogP contribution in [0.3, 0.4) is 0 Å². The number of rotatable bonds is 16. The van der Waals surface area contributed by atoms with E-state index in [-0.39, 0.29) is 0 Å². The fourth-order valence-electron chi connectivity index (χ4n) is 4.51. The highest BCUT2D eigenvalue weighted by Gasteiger charge is 2.50. The Labute approximate surface area is 230 Å². The van der Waals surface area contributed by atoms with Crippen molar-refractivity contribution in [3.8, 4) is 0 Å². The van der Waals surface area contributed by atoms with E-state index in [1.54, 1.807) is 0 Å². The number of ether oxygens (including phenoxy) is 3. The van der Waals surface area contributed by atoms with E-state index in [9.17, 15) is 40.5 Å². The minimum absolute atomic E-state index is 0.344. The maximum atomic E-state index is 10.3. The van der Waals surface area contributed by atoms with Gasteiger partial charge in [-0.25, -0.2) is 0 Å². The molecule has 2 aliphatic rings. The summed E-state index contributed by atoms with van der Waals surface area (Å²) in [5, 5.41) is 84.9. The molecular weight excluding hydrogens is 520 g/mol. The van der Waals surface area contributed by atoms with Crippen LogP contribution in [0.25, 0.3) is 0 Å². The minimum atomic E-state index is -1.74. The van der Waals surface area contributed by atoms with Crippen LogP contribution in [0.1, 0.15) is 84.0 Å².